The summed E-state index contributed by atoms with van der Waals surface area (Å²) >= 11 is 6.08. The first-order valence-corrected chi connectivity index (χ1v) is 6.78. The fourth-order valence-electron chi connectivity index (χ4n) is 1.94. The fraction of sp³-hybridized carbons (Fsp3) is 0.308. The molecule has 1 aromatic carbocycles. The molecular weight excluding hydrogens is 278 g/mol. The van der Waals surface area contributed by atoms with Gasteiger partial charge in [-0.15, -0.1) is 5.10 Å². The Morgan fingerprint density at radius 2 is 2.25 bits per heavy atom. The number of carbonyl (C=O) groups is 1. The molecule has 0 radical (unpaired) electrons. The monoisotopic (exact) mass is 291 g/mol. The molecule has 104 valence electrons. The third kappa shape index (κ3) is 2.66. The number of para-hydroxylation sites is 1. The minimum absolute atomic E-state index is 0.213. The normalized spacial score (nSPS) is 14.8. The molecule has 0 bridgehead atoms. The van der Waals surface area contributed by atoms with Crippen molar-refractivity contribution >= 4 is 17.5 Å². The van der Waals surface area contributed by atoms with Gasteiger partial charge in [-0.25, -0.2) is 4.68 Å². The highest BCUT2D eigenvalue weighted by molar-refractivity contribution is 6.32. The number of halogens is 1. The van der Waals surface area contributed by atoms with Crippen LogP contribution < -0.4 is 10.6 Å². The van der Waals surface area contributed by atoms with E-state index in [-0.39, 0.29) is 11.6 Å². The number of nitrogens with one attached hydrogen (secondary N) is 2. The van der Waals surface area contributed by atoms with E-state index in [9.17, 15) is 4.79 Å². The van der Waals surface area contributed by atoms with Crippen LogP contribution in [0.15, 0.2) is 30.5 Å². The van der Waals surface area contributed by atoms with Gasteiger partial charge < -0.3 is 10.6 Å². The zero-order valence-electron chi connectivity index (χ0n) is 10.7. The van der Waals surface area contributed by atoms with Crippen LogP contribution in [0.25, 0.3) is 5.69 Å². The molecule has 7 heteroatoms. The van der Waals surface area contributed by atoms with Gasteiger partial charge in [0.1, 0.15) is 0 Å². The number of carbonyl (C=O) groups excluding carboxylic acids is 1. The Bertz CT molecular complexity index is 623. The molecule has 1 fully saturated rings. The first kappa shape index (κ1) is 13.1. The Hall–Kier alpha value is -1.92. The van der Waals surface area contributed by atoms with E-state index < -0.39 is 0 Å². The SMILES string of the molecule is O=C(NCC1CNC1)c1cn(-c2ccccc2Cl)nn1. The van der Waals surface area contributed by atoms with E-state index in [1.807, 2.05) is 18.2 Å². The van der Waals surface area contributed by atoms with E-state index in [4.69, 9.17) is 11.6 Å². The number of benzene rings is 1. The summed E-state index contributed by atoms with van der Waals surface area (Å²) in [5, 5.41) is 14.4. The average molecular weight is 292 g/mol. The van der Waals surface area contributed by atoms with Crippen molar-refractivity contribution in [2.75, 3.05) is 19.6 Å². The summed E-state index contributed by atoms with van der Waals surface area (Å²) in [6, 6.07) is 7.27. The van der Waals surface area contributed by atoms with Crippen LogP contribution in [0.3, 0.4) is 0 Å². The van der Waals surface area contributed by atoms with Crippen LogP contribution >= 0.6 is 11.6 Å². The molecule has 2 aromatic rings. The second kappa shape index (κ2) is 5.60. The van der Waals surface area contributed by atoms with Gasteiger partial charge in [0.15, 0.2) is 5.69 Å². The lowest BCUT2D eigenvalue weighted by Crippen LogP contribution is -2.48. The van der Waals surface area contributed by atoms with Gasteiger partial charge in [-0.3, -0.25) is 4.79 Å². The molecule has 0 spiro atoms. The van der Waals surface area contributed by atoms with Crippen LogP contribution in [-0.4, -0.2) is 40.5 Å². The predicted molar refractivity (Wildman–Crippen MR) is 75.1 cm³/mol. The van der Waals surface area contributed by atoms with E-state index >= 15 is 0 Å². The van der Waals surface area contributed by atoms with Gasteiger partial charge in [0, 0.05) is 25.6 Å². The third-order valence-electron chi connectivity index (χ3n) is 3.24. The van der Waals surface area contributed by atoms with Crippen molar-refractivity contribution in [3.05, 3.63) is 41.2 Å². The summed E-state index contributed by atoms with van der Waals surface area (Å²) in [4.78, 5) is 11.9. The second-order valence-corrected chi connectivity index (χ2v) is 5.14. The lowest BCUT2D eigenvalue weighted by Gasteiger charge is -2.26. The molecule has 20 heavy (non-hydrogen) atoms. The van der Waals surface area contributed by atoms with Crippen LogP contribution in [0.4, 0.5) is 0 Å². The minimum Gasteiger partial charge on any atom is -0.350 e. The van der Waals surface area contributed by atoms with Gasteiger partial charge in [-0.1, -0.05) is 28.9 Å². The Kier molecular flexibility index (Phi) is 3.66. The molecule has 0 saturated carbocycles. The molecule has 2 heterocycles. The number of aromatic nitrogens is 3. The summed E-state index contributed by atoms with van der Waals surface area (Å²) in [5.74, 6) is 0.299. The Morgan fingerprint density at radius 3 is 2.95 bits per heavy atom. The second-order valence-electron chi connectivity index (χ2n) is 4.73. The van der Waals surface area contributed by atoms with Crippen molar-refractivity contribution < 1.29 is 4.79 Å². The molecule has 2 N–H and O–H groups in total. The van der Waals surface area contributed by atoms with Gasteiger partial charge in [0.05, 0.1) is 16.9 Å². The van der Waals surface area contributed by atoms with Crippen molar-refractivity contribution in [1.29, 1.82) is 0 Å². The van der Waals surface area contributed by atoms with Crippen LogP contribution in [-0.2, 0) is 0 Å². The highest BCUT2D eigenvalue weighted by Gasteiger charge is 2.19. The topological polar surface area (TPSA) is 71.8 Å². The lowest BCUT2D eigenvalue weighted by molar-refractivity contribution is 0.0937. The molecule has 1 aliphatic heterocycles. The van der Waals surface area contributed by atoms with Gasteiger partial charge >= 0.3 is 0 Å². The quantitative estimate of drug-likeness (QED) is 0.877. The van der Waals surface area contributed by atoms with Gasteiger partial charge in [0.2, 0.25) is 0 Å². The number of hydrogen-bond acceptors (Lipinski definition) is 4. The molecule has 3 rings (SSSR count). The summed E-state index contributed by atoms with van der Waals surface area (Å²) in [6.07, 6.45) is 1.58. The van der Waals surface area contributed by atoms with E-state index in [0.29, 0.717) is 23.2 Å². The molecular formula is C13H14ClN5O. The third-order valence-corrected chi connectivity index (χ3v) is 3.56. The molecule has 1 aromatic heterocycles. The van der Waals surface area contributed by atoms with Crippen molar-refractivity contribution in [3.8, 4) is 5.69 Å². The Morgan fingerprint density at radius 1 is 1.45 bits per heavy atom. The smallest absolute Gasteiger partial charge is 0.273 e. The maximum Gasteiger partial charge on any atom is 0.273 e. The fourth-order valence-corrected chi connectivity index (χ4v) is 2.17. The first-order chi connectivity index (χ1) is 9.74. The van der Waals surface area contributed by atoms with Crippen molar-refractivity contribution in [2.45, 2.75) is 0 Å². The van der Waals surface area contributed by atoms with Crippen molar-refractivity contribution in [1.82, 2.24) is 25.6 Å². The minimum atomic E-state index is -0.213. The highest BCUT2D eigenvalue weighted by Crippen LogP contribution is 2.18. The van der Waals surface area contributed by atoms with E-state index in [1.54, 1.807) is 12.3 Å². The van der Waals surface area contributed by atoms with E-state index in [1.165, 1.54) is 4.68 Å². The van der Waals surface area contributed by atoms with Crippen LogP contribution in [0.5, 0.6) is 0 Å². The number of nitrogens with zero attached hydrogens (tertiary/aromatic N) is 3. The first-order valence-electron chi connectivity index (χ1n) is 6.40. The standard InChI is InChI=1S/C13H14ClN5O/c14-10-3-1-2-4-12(10)19-8-11(17-18-19)13(20)16-7-9-5-15-6-9/h1-4,8-9,15H,5-7H2,(H,16,20). The number of hydrogen-bond donors (Lipinski definition) is 2. The number of rotatable bonds is 4. The van der Waals surface area contributed by atoms with Crippen molar-refractivity contribution in [2.24, 2.45) is 5.92 Å². The maximum absolute atomic E-state index is 11.9. The summed E-state index contributed by atoms with van der Waals surface area (Å²) in [5.41, 5.74) is 0.987. The van der Waals surface area contributed by atoms with Gasteiger partial charge in [0.25, 0.3) is 5.91 Å². The molecule has 0 aliphatic carbocycles. The highest BCUT2D eigenvalue weighted by atomic mass is 35.5. The largest absolute Gasteiger partial charge is 0.350 e. The lowest BCUT2D eigenvalue weighted by atomic mass is 10.0. The predicted octanol–water partition coefficient (Wildman–Crippen LogP) is 0.870. The molecule has 1 aliphatic rings. The summed E-state index contributed by atoms with van der Waals surface area (Å²) in [7, 11) is 0. The zero-order chi connectivity index (χ0) is 13.9. The molecule has 1 saturated heterocycles. The Labute approximate surface area is 121 Å². The average Bonchev–Trinajstić information content (AvgIpc) is 2.87. The maximum atomic E-state index is 11.9. The van der Waals surface area contributed by atoms with Crippen LogP contribution in [0.2, 0.25) is 5.02 Å². The summed E-state index contributed by atoms with van der Waals surface area (Å²) < 4.78 is 1.50. The number of amides is 1. The molecule has 0 unspecified atom stereocenters. The van der Waals surface area contributed by atoms with E-state index in [2.05, 4.69) is 20.9 Å². The molecule has 1 amide bonds. The van der Waals surface area contributed by atoms with Gasteiger partial charge in [-0.2, -0.15) is 0 Å². The summed E-state index contributed by atoms with van der Waals surface area (Å²) in [6.45, 7) is 2.56. The van der Waals surface area contributed by atoms with E-state index in [0.717, 1.165) is 13.1 Å². The Balaban J connectivity index is 1.69. The zero-order valence-corrected chi connectivity index (χ0v) is 11.5. The van der Waals surface area contributed by atoms with Crippen LogP contribution in [0.1, 0.15) is 10.5 Å². The van der Waals surface area contributed by atoms with Gasteiger partial charge in [-0.05, 0) is 12.1 Å². The van der Waals surface area contributed by atoms with Crippen molar-refractivity contribution in [3.63, 3.8) is 0 Å². The van der Waals surface area contributed by atoms with Crippen LogP contribution in [0, 0.1) is 5.92 Å². The molecule has 6 nitrogen and oxygen atoms in total. The molecule has 0 atom stereocenters.